The van der Waals surface area contributed by atoms with Crippen LogP contribution in [0.1, 0.15) is 24.8 Å². The summed E-state index contributed by atoms with van der Waals surface area (Å²) < 4.78 is 65.9. The minimum absolute atomic E-state index is 0.117. The van der Waals surface area contributed by atoms with Gasteiger partial charge in [-0.1, -0.05) is 12.1 Å². The maximum absolute atomic E-state index is 13.2. The van der Waals surface area contributed by atoms with Crippen LogP contribution in [0, 0.1) is 0 Å². The number of aliphatic hydroxyl groups is 1. The zero-order chi connectivity index (χ0) is 26.9. The monoisotopic (exact) mass is 547 g/mol. The van der Waals surface area contributed by atoms with Crippen molar-refractivity contribution >= 4 is 21.7 Å². The summed E-state index contributed by atoms with van der Waals surface area (Å²) in [5, 5.41) is 13.5. The predicted molar refractivity (Wildman–Crippen MR) is 137 cm³/mol. The highest BCUT2D eigenvalue weighted by molar-refractivity contribution is 7.89. The molecule has 2 fully saturated rings. The fourth-order valence-corrected chi connectivity index (χ4v) is 6.26. The van der Waals surface area contributed by atoms with E-state index in [0.29, 0.717) is 0 Å². The highest BCUT2D eigenvalue weighted by Gasteiger charge is 2.35. The summed E-state index contributed by atoms with van der Waals surface area (Å²) in [5.41, 5.74) is 0.860. The Morgan fingerprint density at radius 1 is 0.895 bits per heavy atom. The van der Waals surface area contributed by atoms with Gasteiger partial charge in [-0.05, 0) is 61.2 Å². The van der Waals surface area contributed by atoms with Crippen LogP contribution in [0.15, 0.2) is 65.8 Å². The van der Waals surface area contributed by atoms with E-state index in [4.69, 9.17) is 0 Å². The predicted octanol–water partition coefficient (Wildman–Crippen LogP) is 4.00. The van der Waals surface area contributed by atoms with Crippen molar-refractivity contribution in [3.05, 3.63) is 66.5 Å². The number of hydrogen-bond acceptors (Lipinski definition) is 7. The Bertz CT molecular complexity index is 1340. The minimum atomic E-state index is -4.49. The van der Waals surface area contributed by atoms with E-state index in [1.165, 1.54) is 23.2 Å². The van der Waals surface area contributed by atoms with Gasteiger partial charge in [0.2, 0.25) is 10.0 Å². The molecule has 0 spiro atoms. The third-order valence-corrected chi connectivity index (χ3v) is 8.85. The van der Waals surface area contributed by atoms with E-state index in [1.54, 1.807) is 30.5 Å². The smallest absolute Gasteiger partial charge is 0.390 e. The summed E-state index contributed by atoms with van der Waals surface area (Å²) in [5.74, 6) is 1.12. The van der Waals surface area contributed by atoms with Gasteiger partial charge in [-0.15, -0.1) is 0 Å². The molecule has 3 aromatic rings. The number of hydrogen-bond donors (Lipinski definition) is 2. The van der Waals surface area contributed by atoms with Gasteiger partial charge in [0.1, 0.15) is 11.6 Å². The van der Waals surface area contributed by atoms with Crippen LogP contribution in [0.5, 0.6) is 0 Å². The molecule has 4 heterocycles. The standard InChI is InChI=1S/C26H28F3N5O3S/c27-26(28,29)20-6-9-24(30-16-20)32-22-11-14-34(17-23(22)35)38(36,37)21-7-3-18(4-8-21)19-5-10-25(31-15-19)33-12-1-2-13-33/h3-10,15-16,22-23,35H,1-2,11-14,17H2,(H,30,32)/t22-,23+/m1/s1. The van der Waals surface area contributed by atoms with Crippen LogP contribution in [0.3, 0.4) is 0 Å². The molecule has 1 aromatic carbocycles. The number of anilines is 2. The summed E-state index contributed by atoms with van der Waals surface area (Å²) >= 11 is 0. The highest BCUT2D eigenvalue weighted by atomic mass is 32.2. The number of piperidine rings is 1. The number of nitrogens with zero attached hydrogens (tertiary/aromatic N) is 4. The molecule has 202 valence electrons. The van der Waals surface area contributed by atoms with Gasteiger partial charge < -0.3 is 15.3 Å². The van der Waals surface area contributed by atoms with Crippen LogP contribution in [0.2, 0.25) is 0 Å². The van der Waals surface area contributed by atoms with Crippen molar-refractivity contribution in [2.24, 2.45) is 0 Å². The first-order chi connectivity index (χ1) is 18.1. The van der Waals surface area contributed by atoms with E-state index in [1.807, 2.05) is 12.1 Å². The molecule has 38 heavy (non-hydrogen) atoms. The molecule has 0 unspecified atom stereocenters. The number of pyridine rings is 2. The topological polar surface area (TPSA) is 98.7 Å². The van der Waals surface area contributed by atoms with Crippen molar-refractivity contribution in [2.45, 2.75) is 42.5 Å². The molecule has 0 aliphatic carbocycles. The van der Waals surface area contributed by atoms with Crippen molar-refractivity contribution in [1.82, 2.24) is 14.3 Å². The van der Waals surface area contributed by atoms with E-state index < -0.39 is 33.9 Å². The average molecular weight is 548 g/mol. The SMILES string of the molecule is O=S(=O)(c1ccc(-c2ccc(N3CCCC3)nc2)cc1)N1CC[C@@H](Nc2ccc(C(F)(F)F)cn2)[C@@H](O)C1. The highest BCUT2D eigenvalue weighted by Crippen LogP contribution is 2.30. The normalized spacial score (nSPS) is 21.0. The quantitative estimate of drug-likeness (QED) is 0.482. The van der Waals surface area contributed by atoms with Crippen LogP contribution in [0.4, 0.5) is 24.8 Å². The Labute approximate surface area is 219 Å². The summed E-state index contributed by atoms with van der Waals surface area (Å²) in [6.07, 6.45) is -0.454. The van der Waals surface area contributed by atoms with E-state index >= 15 is 0 Å². The Morgan fingerprint density at radius 2 is 1.61 bits per heavy atom. The molecule has 2 N–H and O–H groups in total. The van der Waals surface area contributed by atoms with E-state index in [-0.39, 0.29) is 30.2 Å². The first-order valence-corrected chi connectivity index (χ1v) is 13.8. The lowest BCUT2D eigenvalue weighted by Crippen LogP contribution is -2.51. The molecule has 2 atom stereocenters. The summed E-state index contributed by atoms with van der Waals surface area (Å²) in [6.45, 7) is 2.01. The fourth-order valence-electron chi connectivity index (χ4n) is 4.78. The van der Waals surface area contributed by atoms with Crippen molar-refractivity contribution in [3.63, 3.8) is 0 Å². The number of aliphatic hydroxyl groups excluding tert-OH is 1. The second kappa shape index (κ2) is 10.5. The van der Waals surface area contributed by atoms with Gasteiger partial charge in [0.25, 0.3) is 0 Å². The third-order valence-electron chi connectivity index (χ3n) is 6.97. The number of sulfonamides is 1. The molecular weight excluding hydrogens is 519 g/mol. The number of nitrogens with one attached hydrogen (secondary N) is 1. The number of benzene rings is 1. The molecule has 0 amide bonds. The third kappa shape index (κ3) is 5.62. The van der Waals surface area contributed by atoms with Gasteiger partial charge in [0, 0.05) is 44.1 Å². The molecule has 12 heteroatoms. The Hall–Kier alpha value is -3.22. The van der Waals surface area contributed by atoms with Gasteiger partial charge in [-0.2, -0.15) is 17.5 Å². The first-order valence-electron chi connectivity index (χ1n) is 12.4. The Kier molecular flexibility index (Phi) is 7.30. The van der Waals surface area contributed by atoms with Gasteiger partial charge in [0.15, 0.2) is 0 Å². The molecular formula is C26H28F3N5O3S. The van der Waals surface area contributed by atoms with Crippen LogP contribution < -0.4 is 10.2 Å². The van der Waals surface area contributed by atoms with Crippen molar-refractivity contribution in [1.29, 1.82) is 0 Å². The maximum atomic E-state index is 13.2. The van der Waals surface area contributed by atoms with Gasteiger partial charge in [0.05, 0.1) is 22.6 Å². The fraction of sp³-hybridized carbons (Fsp3) is 0.385. The number of aromatic nitrogens is 2. The molecule has 8 nitrogen and oxygen atoms in total. The number of alkyl halides is 3. The van der Waals surface area contributed by atoms with Crippen molar-refractivity contribution in [2.75, 3.05) is 36.4 Å². The van der Waals surface area contributed by atoms with Crippen LogP contribution in [-0.4, -0.2) is 66.1 Å². The Balaban J connectivity index is 1.21. The largest absolute Gasteiger partial charge is 0.417 e. The summed E-state index contributed by atoms with van der Waals surface area (Å²) in [4.78, 5) is 10.7. The maximum Gasteiger partial charge on any atom is 0.417 e. The molecule has 0 radical (unpaired) electrons. The average Bonchev–Trinajstić information content (AvgIpc) is 3.45. The lowest BCUT2D eigenvalue weighted by Gasteiger charge is -2.35. The van der Waals surface area contributed by atoms with E-state index in [2.05, 4.69) is 20.2 Å². The molecule has 2 aliphatic heterocycles. The zero-order valence-corrected chi connectivity index (χ0v) is 21.3. The van der Waals surface area contributed by atoms with Gasteiger partial charge >= 0.3 is 6.18 Å². The van der Waals surface area contributed by atoms with E-state index in [9.17, 15) is 26.7 Å². The first kappa shape index (κ1) is 26.4. The lowest BCUT2D eigenvalue weighted by molar-refractivity contribution is -0.137. The second-order valence-electron chi connectivity index (χ2n) is 9.52. The lowest BCUT2D eigenvalue weighted by atomic mass is 10.0. The molecule has 0 saturated carbocycles. The van der Waals surface area contributed by atoms with Crippen LogP contribution in [0.25, 0.3) is 11.1 Å². The van der Waals surface area contributed by atoms with Gasteiger partial charge in [-0.3, -0.25) is 0 Å². The van der Waals surface area contributed by atoms with Crippen molar-refractivity contribution < 1.29 is 26.7 Å². The molecule has 2 saturated heterocycles. The van der Waals surface area contributed by atoms with Crippen molar-refractivity contribution in [3.8, 4) is 11.1 Å². The van der Waals surface area contributed by atoms with Gasteiger partial charge in [-0.25, -0.2) is 18.4 Å². The molecule has 2 aliphatic rings. The minimum Gasteiger partial charge on any atom is -0.390 e. The van der Waals surface area contributed by atoms with Crippen LogP contribution >= 0.6 is 0 Å². The summed E-state index contributed by atoms with van der Waals surface area (Å²) in [6, 6.07) is 12.1. The number of β-amino-alcohol motifs (C(OH)–C–C–N with tert-alkyl or cyclic N) is 1. The molecule has 2 aromatic heterocycles. The number of rotatable bonds is 6. The zero-order valence-electron chi connectivity index (χ0n) is 20.5. The molecule has 5 rings (SSSR count). The molecule has 0 bridgehead atoms. The second-order valence-corrected chi connectivity index (χ2v) is 11.5. The van der Waals surface area contributed by atoms with E-state index in [0.717, 1.165) is 42.3 Å². The summed E-state index contributed by atoms with van der Waals surface area (Å²) in [7, 11) is -3.85. The van der Waals surface area contributed by atoms with Crippen LogP contribution in [-0.2, 0) is 16.2 Å². The Morgan fingerprint density at radius 3 is 2.18 bits per heavy atom. The number of halogens is 3.